The second kappa shape index (κ2) is 17.6. The largest absolute Gasteiger partial charge is 0.411 e. The summed E-state index contributed by atoms with van der Waals surface area (Å²) < 4.78 is 29.0. The summed E-state index contributed by atoms with van der Waals surface area (Å²) in [6.45, 7) is 10.7. The van der Waals surface area contributed by atoms with Crippen molar-refractivity contribution in [3.63, 3.8) is 0 Å². The first-order valence-electron chi connectivity index (χ1n) is 17.1. The molecule has 3 amide bonds. The van der Waals surface area contributed by atoms with Crippen LogP contribution in [0.15, 0.2) is 83.0 Å². The molecule has 0 radical (unpaired) electrons. The number of hydrogen-bond acceptors (Lipinski definition) is 8. The zero-order valence-electron chi connectivity index (χ0n) is 29.5. The van der Waals surface area contributed by atoms with Crippen LogP contribution in [0.4, 0.5) is 4.79 Å². The lowest BCUT2D eigenvalue weighted by atomic mass is 9.95. The number of rotatable bonds is 17. The molecule has 4 rings (SSSR count). The summed E-state index contributed by atoms with van der Waals surface area (Å²) in [5, 5.41) is 26.7. The minimum atomic E-state index is -4.06. The average Bonchev–Trinajstić information content (AvgIpc) is 3.44. The number of aryl methyl sites for hydroxylation is 1. The van der Waals surface area contributed by atoms with Gasteiger partial charge in [-0.3, -0.25) is 9.78 Å². The number of nitrogens with zero attached hydrogens (tertiary/aromatic N) is 5. The van der Waals surface area contributed by atoms with E-state index >= 15 is 0 Å². The maximum atomic E-state index is 14.2. The van der Waals surface area contributed by atoms with Gasteiger partial charge in [-0.2, -0.15) is 4.31 Å². The Hall–Kier alpha value is -4.33. The van der Waals surface area contributed by atoms with E-state index in [1.165, 1.54) is 34.8 Å². The molecule has 0 spiro atoms. The molecule has 2 unspecified atom stereocenters. The van der Waals surface area contributed by atoms with E-state index < -0.39 is 34.1 Å². The van der Waals surface area contributed by atoms with Crippen LogP contribution in [-0.2, 0) is 27.8 Å². The van der Waals surface area contributed by atoms with Crippen molar-refractivity contribution in [1.29, 1.82) is 0 Å². The van der Waals surface area contributed by atoms with Crippen LogP contribution in [-0.4, -0.2) is 100 Å². The molecule has 0 aliphatic carbocycles. The summed E-state index contributed by atoms with van der Waals surface area (Å²) in [7, 11) is -4.06. The van der Waals surface area contributed by atoms with E-state index in [2.05, 4.69) is 15.5 Å². The van der Waals surface area contributed by atoms with Gasteiger partial charge in [0.05, 0.1) is 23.3 Å². The average molecular weight is 707 g/mol. The lowest BCUT2D eigenvalue weighted by Gasteiger charge is -2.35. The van der Waals surface area contributed by atoms with Crippen LogP contribution in [0.25, 0.3) is 0 Å². The minimum absolute atomic E-state index is 0.0273. The van der Waals surface area contributed by atoms with Gasteiger partial charge in [0, 0.05) is 44.6 Å². The van der Waals surface area contributed by atoms with Crippen LogP contribution in [0.5, 0.6) is 0 Å². The number of aromatic nitrogens is 1. The highest BCUT2D eigenvalue weighted by atomic mass is 32.2. The molecule has 4 atom stereocenters. The summed E-state index contributed by atoms with van der Waals surface area (Å²) in [6, 6.07) is 17.2. The third kappa shape index (κ3) is 9.89. The molecular formula is C37H50N6O6S. The fraction of sp³-hybridized carbons (Fsp3) is 0.459. The molecule has 3 N–H and O–H groups in total. The van der Waals surface area contributed by atoms with Crippen molar-refractivity contribution in [2.75, 3.05) is 26.2 Å². The first kappa shape index (κ1) is 38.5. The van der Waals surface area contributed by atoms with Gasteiger partial charge in [0.15, 0.2) is 0 Å². The number of carbonyl (C=O) groups excluding carboxylic acids is 2. The molecule has 1 fully saturated rings. The molecule has 3 aromatic rings. The normalized spacial score (nSPS) is 16.3. The van der Waals surface area contributed by atoms with Gasteiger partial charge in [-0.15, -0.1) is 0 Å². The molecule has 2 aromatic carbocycles. The third-order valence-corrected chi connectivity index (χ3v) is 10.9. The maximum absolute atomic E-state index is 14.2. The number of aliphatic hydroxyl groups excluding tert-OH is 1. The van der Waals surface area contributed by atoms with Gasteiger partial charge in [0.25, 0.3) is 0 Å². The third-order valence-electron chi connectivity index (χ3n) is 9.04. The Bertz CT molecular complexity index is 1690. The zero-order valence-corrected chi connectivity index (χ0v) is 30.3. The maximum Gasteiger partial charge on any atom is 0.321 e. The Labute approximate surface area is 295 Å². The number of oxime groups is 1. The highest BCUT2D eigenvalue weighted by Crippen LogP contribution is 2.24. The van der Waals surface area contributed by atoms with Gasteiger partial charge < -0.3 is 25.4 Å². The second-order valence-corrected chi connectivity index (χ2v) is 15.4. The van der Waals surface area contributed by atoms with Crippen LogP contribution in [0.3, 0.4) is 0 Å². The number of pyridine rings is 1. The molecule has 1 aliphatic heterocycles. The minimum Gasteiger partial charge on any atom is -0.411 e. The Balaban J connectivity index is 1.59. The Morgan fingerprint density at radius 1 is 1.02 bits per heavy atom. The van der Waals surface area contributed by atoms with Gasteiger partial charge >= 0.3 is 6.03 Å². The van der Waals surface area contributed by atoms with Crippen molar-refractivity contribution in [2.24, 2.45) is 17.0 Å². The van der Waals surface area contributed by atoms with Crippen molar-refractivity contribution in [2.45, 2.75) is 77.1 Å². The number of benzene rings is 2. The van der Waals surface area contributed by atoms with Crippen LogP contribution in [0, 0.1) is 18.8 Å². The molecule has 12 nitrogen and oxygen atoms in total. The van der Waals surface area contributed by atoms with E-state index in [-0.39, 0.29) is 42.3 Å². The zero-order chi connectivity index (χ0) is 36.4. The SMILES string of the molecule is CCC(C)C(C(=O)N[C@@H](Cc1ccccc1)[C@H](O)CN(CC(C)C)S(=O)(=O)c1ccc(/C=N/O)cc1)N1CCN(Cc2ccc(C)nc2)C1=O. The summed E-state index contributed by atoms with van der Waals surface area (Å²) in [5.74, 6) is -0.647. The van der Waals surface area contributed by atoms with E-state index in [4.69, 9.17) is 5.21 Å². The number of aliphatic hydroxyl groups is 1. The number of amides is 3. The number of hydrogen-bond donors (Lipinski definition) is 3. The predicted octanol–water partition coefficient (Wildman–Crippen LogP) is 4.29. The molecule has 50 heavy (non-hydrogen) atoms. The molecule has 0 saturated carbocycles. The van der Waals surface area contributed by atoms with E-state index in [0.717, 1.165) is 16.8 Å². The predicted molar refractivity (Wildman–Crippen MR) is 192 cm³/mol. The fourth-order valence-corrected chi connectivity index (χ4v) is 7.75. The van der Waals surface area contributed by atoms with E-state index in [9.17, 15) is 23.1 Å². The van der Waals surface area contributed by atoms with Crippen molar-refractivity contribution in [3.05, 3.63) is 95.3 Å². The number of carbonyl (C=O) groups is 2. The topological polar surface area (TPSA) is 156 Å². The van der Waals surface area contributed by atoms with Gasteiger partial charge in [-0.25, -0.2) is 13.2 Å². The van der Waals surface area contributed by atoms with E-state index in [1.54, 1.807) is 16.0 Å². The fourth-order valence-electron chi connectivity index (χ4n) is 6.12. The van der Waals surface area contributed by atoms with E-state index in [1.807, 2.05) is 77.1 Å². The quantitative estimate of drug-likeness (QED) is 0.108. The van der Waals surface area contributed by atoms with Crippen molar-refractivity contribution in [3.8, 4) is 0 Å². The monoisotopic (exact) mass is 706 g/mol. The number of urea groups is 1. The van der Waals surface area contributed by atoms with Crippen LogP contribution >= 0.6 is 0 Å². The van der Waals surface area contributed by atoms with Crippen molar-refractivity contribution in [1.82, 2.24) is 24.4 Å². The van der Waals surface area contributed by atoms with Gasteiger partial charge in [-0.1, -0.05) is 87.8 Å². The first-order valence-corrected chi connectivity index (χ1v) is 18.5. The first-order chi connectivity index (χ1) is 23.8. The van der Waals surface area contributed by atoms with Crippen molar-refractivity contribution < 1.29 is 28.3 Å². The Kier molecular flexibility index (Phi) is 13.5. The molecule has 1 aliphatic rings. The number of nitrogens with one attached hydrogen (secondary N) is 1. The standard InChI is InChI=1S/C37H50N6O6S/c1-6-27(4)35(43-19-18-41(37(43)46)24-31-13-12-28(5)38-21-31)36(45)40-33(20-29-10-8-7-9-11-29)34(44)25-42(23-26(2)3)50(48,49)32-16-14-30(15-17-32)22-39-47/h7-17,21-22,26-27,33-35,44,47H,6,18-20,23-25H2,1-5H3,(H,40,45)/b39-22+/t27?,33-,34+,35?/m0/s1. The van der Waals surface area contributed by atoms with Gasteiger partial charge in [0.1, 0.15) is 6.04 Å². The molecule has 270 valence electrons. The summed E-state index contributed by atoms with van der Waals surface area (Å²) in [5.41, 5.74) is 3.16. The smallest absolute Gasteiger partial charge is 0.321 e. The summed E-state index contributed by atoms with van der Waals surface area (Å²) in [4.78, 5) is 35.6. The van der Waals surface area contributed by atoms with Gasteiger partial charge in [-0.05, 0) is 60.1 Å². The Morgan fingerprint density at radius 3 is 2.32 bits per heavy atom. The van der Waals surface area contributed by atoms with Crippen LogP contribution in [0.2, 0.25) is 0 Å². The lowest BCUT2D eigenvalue weighted by Crippen LogP contribution is -2.57. The highest BCUT2D eigenvalue weighted by Gasteiger charge is 2.41. The second-order valence-electron chi connectivity index (χ2n) is 13.4. The molecule has 1 aromatic heterocycles. The summed E-state index contributed by atoms with van der Waals surface area (Å²) in [6.07, 6.45) is 2.55. The van der Waals surface area contributed by atoms with Gasteiger partial charge in [0.2, 0.25) is 15.9 Å². The van der Waals surface area contributed by atoms with Crippen LogP contribution < -0.4 is 5.32 Å². The number of sulfonamides is 1. The highest BCUT2D eigenvalue weighted by molar-refractivity contribution is 7.89. The van der Waals surface area contributed by atoms with Crippen molar-refractivity contribution >= 4 is 28.2 Å². The molecule has 13 heteroatoms. The molecule has 1 saturated heterocycles. The lowest BCUT2D eigenvalue weighted by molar-refractivity contribution is -0.128. The van der Waals surface area contributed by atoms with E-state index in [0.29, 0.717) is 31.6 Å². The molecule has 0 bridgehead atoms. The Morgan fingerprint density at radius 2 is 1.72 bits per heavy atom. The molecular weight excluding hydrogens is 657 g/mol. The summed E-state index contributed by atoms with van der Waals surface area (Å²) >= 11 is 0. The van der Waals surface area contributed by atoms with Crippen LogP contribution in [0.1, 0.15) is 56.5 Å². The molecule has 2 heterocycles.